The first-order valence-electron chi connectivity index (χ1n) is 6.26. The summed E-state index contributed by atoms with van der Waals surface area (Å²) in [5.41, 5.74) is 6.32. The van der Waals surface area contributed by atoms with Crippen molar-refractivity contribution in [1.29, 1.82) is 0 Å². The van der Waals surface area contributed by atoms with Gasteiger partial charge in [-0.1, -0.05) is 29.3 Å². The quantitative estimate of drug-likeness (QED) is 0.842. The molecule has 0 radical (unpaired) electrons. The zero-order chi connectivity index (χ0) is 15.6. The highest BCUT2D eigenvalue weighted by atomic mass is 35.5. The number of aromatic nitrogens is 1. The van der Waals surface area contributed by atoms with Crippen LogP contribution in [0, 0.1) is 0 Å². The molecule has 0 saturated heterocycles. The van der Waals surface area contributed by atoms with Crippen LogP contribution in [0.4, 0.5) is 0 Å². The Hall–Kier alpha value is -0.850. The summed E-state index contributed by atoms with van der Waals surface area (Å²) in [6, 6.07) is 5.25. The maximum atomic E-state index is 12.1. The molecule has 120 valence electrons. The number of carbonyl (C=O) groups excluding carboxylic acids is 1. The van der Waals surface area contributed by atoms with Gasteiger partial charge in [0.1, 0.15) is 10.7 Å². The SMILES string of the molecule is CC(C)(CN)NC(=O)c1csc(-c2ccc(Cl)c(Cl)c2)n1.Cl. The molecular formula is C14H16Cl3N3OS. The standard InChI is InChI=1S/C14H15Cl2N3OS.ClH/c1-14(2,7-17)19-12(20)11-6-21-13(18-11)8-3-4-9(15)10(16)5-8;/h3-6H,7,17H2,1-2H3,(H,19,20);1H. The van der Waals surface area contributed by atoms with Gasteiger partial charge in [0.25, 0.3) is 5.91 Å². The summed E-state index contributed by atoms with van der Waals surface area (Å²) < 4.78 is 0. The third kappa shape index (κ3) is 4.57. The summed E-state index contributed by atoms with van der Waals surface area (Å²) in [6.07, 6.45) is 0. The molecular weight excluding hydrogens is 365 g/mol. The molecule has 0 aliphatic rings. The second-order valence-electron chi connectivity index (χ2n) is 5.21. The van der Waals surface area contributed by atoms with E-state index in [0.29, 0.717) is 27.3 Å². The molecule has 0 fully saturated rings. The van der Waals surface area contributed by atoms with Gasteiger partial charge in [-0.25, -0.2) is 4.98 Å². The number of thiazole rings is 1. The van der Waals surface area contributed by atoms with Gasteiger partial charge in [-0.2, -0.15) is 0 Å². The van der Waals surface area contributed by atoms with Crippen molar-refractivity contribution in [3.8, 4) is 10.6 Å². The number of halogens is 3. The molecule has 0 aliphatic heterocycles. The van der Waals surface area contributed by atoms with E-state index in [9.17, 15) is 4.79 Å². The Balaban J connectivity index is 0.00000242. The molecule has 1 aromatic heterocycles. The molecule has 0 aliphatic carbocycles. The van der Waals surface area contributed by atoms with Crippen molar-refractivity contribution in [2.24, 2.45) is 5.73 Å². The van der Waals surface area contributed by atoms with Gasteiger partial charge in [0.2, 0.25) is 0 Å². The van der Waals surface area contributed by atoms with E-state index in [2.05, 4.69) is 10.3 Å². The summed E-state index contributed by atoms with van der Waals surface area (Å²) >= 11 is 13.3. The van der Waals surface area contributed by atoms with Crippen molar-refractivity contribution in [2.75, 3.05) is 6.54 Å². The van der Waals surface area contributed by atoms with E-state index >= 15 is 0 Å². The maximum absolute atomic E-state index is 12.1. The fraction of sp³-hybridized carbons (Fsp3) is 0.286. The number of nitrogens with one attached hydrogen (secondary N) is 1. The van der Waals surface area contributed by atoms with E-state index in [0.717, 1.165) is 5.56 Å². The van der Waals surface area contributed by atoms with Gasteiger partial charge in [-0.15, -0.1) is 23.7 Å². The highest BCUT2D eigenvalue weighted by Gasteiger charge is 2.21. The molecule has 8 heteroatoms. The van der Waals surface area contributed by atoms with Crippen molar-refractivity contribution in [3.05, 3.63) is 39.3 Å². The van der Waals surface area contributed by atoms with Gasteiger partial charge in [-0.3, -0.25) is 4.79 Å². The lowest BCUT2D eigenvalue weighted by Crippen LogP contribution is -2.48. The second-order valence-corrected chi connectivity index (χ2v) is 6.88. The van der Waals surface area contributed by atoms with Crippen LogP contribution in [-0.2, 0) is 0 Å². The first-order chi connectivity index (χ1) is 9.82. The van der Waals surface area contributed by atoms with Crippen molar-refractivity contribution < 1.29 is 4.79 Å². The topological polar surface area (TPSA) is 68.0 Å². The molecule has 1 heterocycles. The number of nitrogens with zero attached hydrogens (tertiary/aromatic N) is 1. The Kier molecular flexibility index (Phi) is 6.65. The largest absolute Gasteiger partial charge is 0.345 e. The van der Waals surface area contributed by atoms with E-state index in [1.54, 1.807) is 17.5 Å². The molecule has 1 amide bonds. The highest BCUT2D eigenvalue weighted by molar-refractivity contribution is 7.13. The van der Waals surface area contributed by atoms with Crippen molar-refractivity contribution in [1.82, 2.24) is 10.3 Å². The van der Waals surface area contributed by atoms with E-state index in [1.165, 1.54) is 11.3 Å². The van der Waals surface area contributed by atoms with Gasteiger partial charge in [-0.05, 0) is 26.0 Å². The number of hydrogen-bond acceptors (Lipinski definition) is 4. The first kappa shape index (κ1) is 19.2. The van der Waals surface area contributed by atoms with E-state index < -0.39 is 5.54 Å². The van der Waals surface area contributed by atoms with E-state index in [4.69, 9.17) is 28.9 Å². The van der Waals surface area contributed by atoms with Crippen molar-refractivity contribution >= 4 is 52.9 Å². The van der Waals surface area contributed by atoms with Gasteiger partial charge < -0.3 is 11.1 Å². The Bertz CT molecular complexity index is 673. The number of rotatable bonds is 4. The summed E-state index contributed by atoms with van der Waals surface area (Å²) in [7, 11) is 0. The minimum absolute atomic E-state index is 0. The Morgan fingerprint density at radius 3 is 2.64 bits per heavy atom. The molecule has 0 atom stereocenters. The van der Waals surface area contributed by atoms with E-state index in [-0.39, 0.29) is 18.3 Å². The number of hydrogen-bond donors (Lipinski definition) is 2. The highest BCUT2D eigenvalue weighted by Crippen LogP contribution is 2.30. The van der Waals surface area contributed by atoms with Crippen LogP contribution in [0.25, 0.3) is 10.6 Å². The van der Waals surface area contributed by atoms with Crippen LogP contribution in [-0.4, -0.2) is 23.0 Å². The molecule has 2 rings (SSSR count). The Morgan fingerprint density at radius 1 is 1.36 bits per heavy atom. The monoisotopic (exact) mass is 379 g/mol. The van der Waals surface area contributed by atoms with E-state index in [1.807, 2.05) is 19.9 Å². The van der Waals surface area contributed by atoms with Crippen LogP contribution in [0.5, 0.6) is 0 Å². The fourth-order valence-electron chi connectivity index (χ4n) is 1.56. The lowest BCUT2D eigenvalue weighted by Gasteiger charge is -2.23. The number of nitrogens with two attached hydrogens (primary N) is 1. The van der Waals surface area contributed by atoms with Crippen LogP contribution in [0.3, 0.4) is 0 Å². The van der Waals surface area contributed by atoms with Gasteiger partial charge in [0, 0.05) is 23.0 Å². The summed E-state index contributed by atoms with van der Waals surface area (Å²) in [4.78, 5) is 16.4. The maximum Gasteiger partial charge on any atom is 0.271 e. The lowest BCUT2D eigenvalue weighted by atomic mass is 10.1. The summed E-state index contributed by atoms with van der Waals surface area (Å²) in [5, 5.41) is 6.20. The molecule has 0 saturated carbocycles. The predicted octanol–water partition coefficient (Wildman–Crippen LogP) is 4.01. The minimum atomic E-state index is -0.468. The summed E-state index contributed by atoms with van der Waals surface area (Å²) in [6.45, 7) is 4.07. The lowest BCUT2D eigenvalue weighted by molar-refractivity contribution is 0.0911. The molecule has 0 bridgehead atoms. The zero-order valence-electron chi connectivity index (χ0n) is 12.0. The molecule has 4 nitrogen and oxygen atoms in total. The molecule has 0 spiro atoms. The normalized spacial score (nSPS) is 11.0. The first-order valence-corrected chi connectivity index (χ1v) is 7.89. The molecule has 1 aromatic carbocycles. The van der Waals surface area contributed by atoms with Gasteiger partial charge >= 0.3 is 0 Å². The molecule has 3 N–H and O–H groups in total. The molecule has 2 aromatic rings. The molecule has 0 unspecified atom stereocenters. The van der Waals surface area contributed by atoms with Crippen LogP contribution in [0.1, 0.15) is 24.3 Å². The zero-order valence-corrected chi connectivity index (χ0v) is 15.2. The number of amides is 1. The molecule has 22 heavy (non-hydrogen) atoms. The van der Waals surface area contributed by atoms with Crippen LogP contribution in [0.15, 0.2) is 23.6 Å². The van der Waals surface area contributed by atoms with Crippen molar-refractivity contribution in [2.45, 2.75) is 19.4 Å². The van der Waals surface area contributed by atoms with Crippen LogP contribution in [0.2, 0.25) is 10.0 Å². The summed E-state index contributed by atoms with van der Waals surface area (Å²) in [5.74, 6) is -0.243. The Labute approximate surface area is 149 Å². The van der Waals surface area contributed by atoms with Crippen molar-refractivity contribution in [3.63, 3.8) is 0 Å². The smallest absolute Gasteiger partial charge is 0.271 e. The third-order valence-corrected chi connectivity index (χ3v) is 4.50. The average Bonchev–Trinajstić information content (AvgIpc) is 2.91. The average molecular weight is 381 g/mol. The fourth-order valence-corrected chi connectivity index (χ4v) is 2.66. The second kappa shape index (κ2) is 7.62. The van der Waals surface area contributed by atoms with Gasteiger partial charge in [0.15, 0.2) is 0 Å². The van der Waals surface area contributed by atoms with Gasteiger partial charge in [0.05, 0.1) is 10.0 Å². The number of benzene rings is 1. The predicted molar refractivity (Wildman–Crippen MR) is 95.4 cm³/mol. The Morgan fingerprint density at radius 2 is 2.05 bits per heavy atom. The minimum Gasteiger partial charge on any atom is -0.345 e. The van der Waals surface area contributed by atoms with Crippen LogP contribution < -0.4 is 11.1 Å². The third-order valence-electron chi connectivity index (χ3n) is 2.87. The van der Waals surface area contributed by atoms with Crippen LogP contribution >= 0.6 is 46.9 Å². The number of carbonyl (C=O) groups is 1.